The van der Waals surface area contributed by atoms with Gasteiger partial charge in [0.25, 0.3) is 0 Å². The number of hydrogen-bond donors (Lipinski definition) is 1. The molecule has 0 aromatic rings. The molecular formula is C11H22N2OS. The van der Waals surface area contributed by atoms with Crippen molar-refractivity contribution in [2.24, 2.45) is 0 Å². The summed E-state index contributed by atoms with van der Waals surface area (Å²) in [5.74, 6) is 2.53. The van der Waals surface area contributed by atoms with Gasteiger partial charge in [0.15, 0.2) is 0 Å². The molecule has 1 amide bonds. The summed E-state index contributed by atoms with van der Waals surface area (Å²) in [6.07, 6.45) is 0.652. The molecule has 1 aliphatic rings. The molecule has 0 saturated carbocycles. The Morgan fingerprint density at radius 1 is 1.60 bits per heavy atom. The van der Waals surface area contributed by atoms with Crippen molar-refractivity contribution in [1.82, 2.24) is 10.2 Å². The molecule has 0 aromatic heterocycles. The van der Waals surface area contributed by atoms with Gasteiger partial charge < -0.3 is 10.2 Å². The molecule has 0 radical (unpaired) electrons. The van der Waals surface area contributed by atoms with Crippen molar-refractivity contribution < 1.29 is 4.79 Å². The van der Waals surface area contributed by atoms with E-state index in [1.807, 2.05) is 23.6 Å². The van der Waals surface area contributed by atoms with E-state index in [0.717, 1.165) is 18.8 Å². The van der Waals surface area contributed by atoms with E-state index in [2.05, 4.69) is 19.2 Å². The van der Waals surface area contributed by atoms with Crippen LogP contribution in [-0.2, 0) is 4.79 Å². The fourth-order valence-electron chi connectivity index (χ4n) is 1.91. The van der Waals surface area contributed by atoms with Gasteiger partial charge in [0.2, 0.25) is 5.91 Å². The van der Waals surface area contributed by atoms with Crippen molar-refractivity contribution in [2.75, 3.05) is 24.6 Å². The minimum absolute atomic E-state index is 0.285. The van der Waals surface area contributed by atoms with E-state index in [1.54, 1.807) is 0 Å². The van der Waals surface area contributed by atoms with Crippen molar-refractivity contribution in [3.8, 4) is 0 Å². The summed E-state index contributed by atoms with van der Waals surface area (Å²) >= 11 is 1.94. The summed E-state index contributed by atoms with van der Waals surface area (Å²) in [5.41, 5.74) is 0. The molecule has 15 heavy (non-hydrogen) atoms. The first-order chi connectivity index (χ1) is 7.15. The maximum Gasteiger partial charge on any atom is 0.224 e. The second-order valence-electron chi connectivity index (χ2n) is 4.20. The van der Waals surface area contributed by atoms with E-state index < -0.39 is 0 Å². The maximum atomic E-state index is 12.0. The lowest BCUT2D eigenvalue weighted by molar-refractivity contribution is -0.133. The molecule has 1 saturated heterocycles. The highest BCUT2D eigenvalue weighted by atomic mass is 32.2. The third-order valence-corrected chi connectivity index (χ3v) is 3.83. The third-order valence-electron chi connectivity index (χ3n) is 2.70. The molecule has 1 atom stereocenters. The van der Waals surface area contributed by atoms with Gasteiger partial charge in [-0.2, -0.15) is 11.8 Å². The number of nitrogens with one attached hydrogen (secondary N) is 1. The molecular weight excluding hydrogens is 208 g/mol. The molecule has 1 aliphatic heterocycles. The fourth-order valence-corrected chi connectivity index (χ4v) is 2.86. The number of hydrogen-bond acceptors (Lipinski definition) is 3. The predicted molar refractivity (Wildman–Crippen MR) is 66.3 cm³/mol. The molecule has 0 spiro atoms. The van der Waals surface area contributed by atoms with Crippen molar-refractivity contribution in [3.05, 3.63) is 0 Å². The van der Waals surface area contributed by atoms with Gasteiger partial charge in [-0.05, 0) is 20.8 Å². The SMILES string of the molecule is CCN(C(=O)CC1CSCCN1)C(C)C. The number of carbonyl (C=O) groups excluding carboxylic acids is 1. The quantitative estimate of drug-likeness (QED) is 0.791. The summed E-state index contributed by atoms with van der Waals surface area (Å²) in [4.78, 5) is 13.9. The summed E-state index contributed by atoms with van der Waals surface area (Å²) in [6, 6.07) is 0.697. The van der Waals surface area contributed by atoms with Crippen LogP contribution in [0.4, 0.5) is 0 Å². The Morgan fingerprint density at radius 2 is 2.33 bits per heavy atom. The van der Waals surface area contributed by atoms with Gasteiger partial charge in [-0.25, -0.2) is 0 Å². The molecule has 88 valence electrons. The molecule has 1 rings (SSSR count). The highest BCUT2D eigenvalue weighted by molar-refractivity contribution is 7.99. The number of rotatable bonds is 4. The molecule has 1 unspecified atom stereocenters. The third kappa shape index (κ3) is 4.03. The number of nitrogens with zero attached hydrogens (tertiary/aromatic N) is 1. The van der Waals surface area contributed by atoms with Gasteiger partial charge in [-0.1, -0.05) is 0 Å². The zero-order valence-corrected chi connectivity index (χ0v) is 10.8. The number of thioether (sulfide) groups is 1. The minimum atomic E-state index is 0.285. The number of amides is 1. The molecule has 4 heteroatoms. The van der Waals surface area contributed by atoms with E-state index in [1.165, 1.54) is 5.75 Å². The molecule has 1 heterocycles. The Hall–Kier alpha value is -0.220. The average molecular weight is 230 g/mol. The normalized spacial score (nSPS) is 21.7. The first-order valence-electron chi connectivity index (χ1n) is 5.75. The fraction of sp³-hybridized carbons (Fsp3) is 0.909. The summed E-state index contributed by atoms with van der Waals surface area (Å²) in [5, 5.41) is 3.40. The van der Waals surface area contributed by atoms with Gasteiger partial charge >= 0.3 is 0 Å². The zero-order valence-electron chi connectivity index (χ0n) is 9.95. The number of carbonyl (C=O) groups is 1. The van der Waals surface area contributed by atoms with E-state index in [4.69, 9.17) is 0 Å². The topological polar surface area (TPSA) is 32.3 Å². The highest BCUT2D eigenvalue weighted by Gasteiger charge is 2.21. The van der Waals surface area contributed by atoms with Crippen LogP contribution in [-0.4, -0.2) is 47.5 Å². The van der Waals surface area contributed by atoms with Crippen LogP contribution in [0.1, 0.15) is 27.2 Å². The monoisotopic (exact) mass is 230 g/mol. The molecule has 1 N–H and O–H groups in total. The second-order valence-corrected chi connectivity index (χ2v) is 5.35. The Morgan fingerprint density at radius 3 is 2.80 bits per heavy atom. The van der Waals surface area contributed by atoms with Crippen LogP contribution in [0.2, 0.25) is 0 Å². The van der Waals surface area contributed by atoms with Crippen LogP contribution < -0.4 is 5.32 Å². The molecule has 0 aromatic carbocycles. The van der Waals surface area contributed by atoms with Gasteiger partial charge in [0.1, 0.15) is 0 Å². The summed E-state index contributed by atoms with van der Waals surface area (Å²) in [6.45, 7) is 8.04. The Labute approximate surface area is 97.0 Å². The van der Waals surface area contributed by atoms with Gasteiger partial charge in [-0.3, -0.25) is 4.79 Å². The molecule has 0 bridgehead atoms. The molecule has 0 aliphatic carbocycles. The maximum absolute atomic E-state index is 12.0. The molecule has 1 fully saturated rings. The first-order valence-corrected chi connectivity index (χ1v) is 6.91. The van der Waals surface area contributed by atoms with Gasteiger partial charge in [0.05, 0.1) is 0 Å². The first kappa shape index (κ1) is 12.8. The van der Waals surface area contributed by atoms with Gasteiger partial charge in [-0.15, -0.1) is 0 Å². The average Bonchev–Trinajstić information content (AvgIpc) is 2.19. The zero-order chi connectivity index (χ0) is 11.3. The summed E-state index contributed by atoms with van der Waals surface area (Å²) in [7, 11) is 0. The minimum Gasteiger partial charge on any atom is -0.341 e. The second kappa shape index (κ2) is 6.38. The Balaban J connectivity index is 2.38. The van der Waals surface area contributed by atoms with Gasteiger partial charge in [0, 0.05) is 43.1 Å². The van der Waals surface area contributed by atoms with Crippen LogP contribution in [0.5, 0.6) is 0 Å². The lowest BCUT2D eigenvalue weighted by Crippen LogP contribution is -2.44. The van der Waals surface area contributed by atoms with E-state index in [-0.39, 0.29) is 5.91 Å². The van der Waals surface area contributed by atoms with Crippen molar-refractivity contribution in [1.29, 1.82) is 0 Å². The van der Waals surface area contributed by atoms with Crippen LogP contribution in [0.25, 0.3) is 0 Å². The smallest absolute Gasteiger partial charge is 0.224 e. The van der Waals surface area contributed by atoms with E-state index in [0.29, 0.717) is 18.5 Å². The van der Waals surface area contributed by atoms with Crippen LogP contribution in [0, 0.1) is 0 Å². The predicted octanol–water partition coefficient (Wildman–Crippen LogP) is 1.34. The van der Waals surface area contributed by atoms with Crippen LogP contribution >= 0.6 is 11.8 Å². The summed E-state index contributed by atoms with van der Waals surface area (Å²) < 4.78 is 0. The Bertz CT molecular complexity index is 203. The van der Waals surface area contributed by atoms with Crippen molar-refractivity contribution in [2.45, 2.75) is 39.3 Å². The highest BCUT2D eigenvalue weighted by Crippen LogP contribution is 2.12. The van der Waals surface area contributed by atoms with E-state index >= 15 is 0 Å². The Kier molecular flexibility index (Phi) is 5.47. The van der Waals surface area contributed by atoms with E-state index in [9.17, 15) is 4.79 Å². The lowest BCUT2D eigenvalue weighted by atomic mass is 10.2. The van der Waals surface area contributed by atoms with Crippen LogP contribution in [0.15, 0.2) is 0 Å². The standard InChI is InChI=1S/C11H22N2OS/c1-4-13(9(2)3)11(14)7-10-8-15-6-5-12-10/h9-10,12H,4-8H2,1-3H3. The lowest BCUT2D eigenvalue weighted by Gasteiger charge is -2.29. The largest absolute Gasteiger partial charge is 0.341 e. The van der Waals surface area contributed by atoms with Crippen molar-refractivity contribution in [3.63, 3.8) is 0 Å². The van der Waals surface area contributed by atoms with Crippen LogP contribution in [0.3, 0.4) is 0 Å². The van der Waals surface area contributed by atoms with Crippen molar-refractivity contribution >= 4 is 17.7 Å². The molecule has 3 nitrogen and oxygen atoms in total.